The topological polar surface area (TPSA) is 29.9 Å². The normalized spacial score (nSPS) is 10.8. The molecule has 5 heteroatoms. The van der Waals surface area contributed by atoms with Crippen molar-refractivity contribution in [3.63, 3.8) is 0 Å². The summed E-state index contributed by atoms with van der Waals surface area (Å²) in [5.74, 6) is -0.383. The zero-order chi connectivity index (χ0) is 12.3. The Morgan fingerprint density at radius 1 is 1.35 bits per heavy atom. The standard InChI is InChI=1S/C12H13ClFN3/c1-17-10(4-5-16-17)8-15-7-9-2-3-11(13)12(14)6-9/h2-6,15H,7-8H2,1H3. The summed E-state index contributed by atoms with van der Waals surface area (Å²) in [5.41, 5.74) is 1.95. The molecule has 1 heterocycles. The number of hydrogen-bond acceptors (Lipinski definition) is 2. The van der Waals surface area contributed by atoms with Crippen LogP contribution in [0.15, 0.2) is 30.5 Å². The van der Waals surface area contributed by atoms with Crippen molar-refractivity contribution in [2.75, 3.05) is 0 Å². The van der Waals surface area contributed by atoms with Crippen molar-refractivity contribution in [3.8, 4) is 0 Å². The quantitative estimate of drug-likeness (QED) is 0.907. The van der Waals surface area contributed by atoms with Gasteiger partial charge in [-0.25, -0.2) is 4.39 Å². The van der Waals surface area contributed by atoms with E-state index in [-0.39, 0.29) is 10.8 Å². The number of aromatic nitrogens is 2. The highest BCUT2D eigenvalue weighted by Gasteiger charge is 2.01. The molecule has 0 aliphatic heterocycles. The molecule has 1 aromatic carbocycles. The van der Waals surface area contributed by atoms with Gasteiger partial charge in [-0.15, -0.1) is 0 Å². The highest BCUT2D eigenvalue weighted by atomic mass is 35.5. The molecule has 0 unspecified atom stereocenters. The zero-order valence-electron chi connectivity index (χ0n) is 9.45. The van der Waals surface area contributed by atoms with Gasteiger partial charge >= 0.3 is 0 Å². The van der Waals surface area contributed by atoms with Crippen LogP contribution in [0.4, 0.5) is 4.39 Å². The SMILES string of the molecule is Cn1nccc1CNCc1ccc(Cl)c(F)c1. The summed E-state index contributed by atoms with van der Waals surface area (Å²) in [6.07, 6.45) is 1.75. The van der Waals surface area contributed by atoms with Crippen LogP contribution in [0.3, 0.4) is 0 Å². The number of hydrogen-bond donors (Lipinski definition) is 1. The predicted octanol–water partition coefficient (Wildman–Crippen LogP) is 2.50. The van der Waals surface area contributed by atoms with Crippen molar-refractivity contribution in [1.29, 1.82) is 0 Å². The monoisotopic (exact) mass is 253 g/mol. The van der Waals surface area contributed by atoms with E-state index in [1.807, 2.05) is 19.2 Å². The molecule has 0 atom stereocenters. The van der Waals surface area contributed by atoms with E-state index >= 15 is 0 Å². The van der Waals surface area contributed by atoms with Crippen molar-refractivity contribution in [3.05, 3.63) is 52.6 Å². The van der Waals surface area contributed by atoms with Crippen LogP contribution in [0.5, 0.6) is 0 Å². The van der Waals surface area contributed by atoms with E-state index in [0.29, 0.717) is 13.1 Å². The Labute approximate surface area is 104 Å². The minimum atomic E-state index is -0.383. The molecule has 0 aliphatic rings. The maximum absolute atomic E-state index is 13.2. The zero-order valence-corrected chi connectivity index (χ0v) is 10.2. The number of nitrogens with one attached hydrogen (secondary N) is 1. The molecule has 3 nitrogen and oxygen atoms in total. The van der Waals surface area contributed by atoms with E-state index in [9.17, 15) is 4.39 Å². The summed E-state index contributed by atoms with van der Waals surface area (Å²) >= 11 is 5.61. The first-order valence-corrected chi connectivity index (χ1v) is 5.66. The van der Waals surface area contributed by atoms with Crippen LogP contribution in [-0.4, -0.2) is 9.78 Å². The first-order chi connectivity index (χ1) is 8.16. The predicted molar refractivity (Wildman–Crippen MR) is 65.2 cm³/mol. The minimum absolute atomic E-state index is 0.153. The molecule has 0 radical (unpaired) electrons. The van der Waals surface area contributed by atoms with Crippen LogP contribution < -0.4 is 5.32 Å². The fraction of sp³-hybridized carbons (Fsp3) is 0.250. The summed E-state index contributed by atoms with van der Waals surface area (Å²) in [7, 11) is 1.89. The Kier molecular flexibility index (Phi) is 3.76. The van der Waals surface area contributed by atoms with Gasteiger partial charge in [0.25, 0.3) is 0 Å². The van der Waals surface area contributed by atoms with Crippen LogP contribution in [0.2, 0.25) is 5.02 Å². The van der Waals surface area contributed by atoms with Crippen molar-refractivity contribution < 1.29 is 4.39 Å². The average Bonchev–Trinajstić information content (AvgIpc) is 2.70. The average molecular weight is 254 g/mol. The molecular weight excluding hydrogens is 241 g/mol. The van der Waals surface area contributed by atoms with Crippen LogP contribution >= 0.6 is 11.6 Å². The second-order valence-corrected chi connectivity index (χ2v) is 4.21. The minimum Gasteiger partial charge on any atom is -0.307 e. The number of rotatable bonds is 4. The summed E-state index contributed by atoms with van der Waals surface area (Å²) in [6, 6.07) is 6.76. The molecule has 0 saturated heterocycles. The van der Waals surface area contributed by atoms with Crippen molar-refractivity contribution >= 4 is 11.6 Å². The fourth-order valence-corrected chi connectivity index (χ4v) is 1.68. The lowest BCUT2D eigenvalue weighted by molar-refractivity contribution is 0.610. The van der Waals surface area contributed by atoms with Gasteiger partial charge in [0.05, 0.1) is 10.7 Å². The first-order valence-electron chi connectivity index (χ1n) is 5.28. The molecule has 0 fully saturated rings. The van der Waals surface area contributed by atoms with Gasteiger partial charge in [0.2, 0.25) is 0 Å². The lowest BCUT2D eigenvalue weighted by Gasteiger charge is -2.06. The molecule has 2 rings (SSSR count). The Hall–Kier alpha value is -1.39. The van der Waals surface area contributed by atoms with Crippen molar-refractivity contribution in [1.82, 2.24) is 15.1 Å². The summed E-state index contributed by atoms with van der Waals surface area (Å²) < 4.78 is 15.0. The molecule has 2 aromatic rings. The second kappa shape index (κ2) is 5.29. The van der Waals surface area contributed by atoms with E-state index < -0.39 is 0 Å². The Morgan fingerprint density at radius 2 is 2.18 bits per heavy atom. The molecule has 1 N–H and O–H groups in total. The Morgan fingerprint density at radius 3 is 2.82 bits per heavy atom. The molecule has 1 aromatic heterocycles. The largest absolute Gasteiger partial charge is 0.307 e. The van der Waals surface area contributed by atoms with E-state index in [1.165, 1.54) is 6.07 Å². The third-order valence-corrected chi connectivity index (χ3v) is 2.85. The fourth-order valence-electron chi connectivity index (χ4n) is 1.56. The highest BCUT2D eigenvalue weighted by molar-refractivity contribution is 6.30. The lowest BCUT2D eigenvalue weighted by Crippen LogP contribution is -2.15. The number of halogens is 2. The van der Waals surface area contributed by atoms with Gasteiger partial charge in [-0.05, 0) is 23.8 Å². The molecule has 0 amide bonds. The Balaban J connectivity index is 1.90. The van der Waals surface area contributed by atoms with Crippen molar-refractivity contribution in [2.45, 2.75) is 13.1 Å². The smallest absolute Gasteiger partial charge is 0.142 e. The van der Waals surface area contributed by atoms with E-state index in [2.05, 4.69) is 10.4 Å². The van der Waals surface area contributed by atoms with E-state index in [4.69, 9.17) is 11.6 Å². The maximum Gasteiger partial charge on any atom is 0.142 e. The van der Waals surface area contributed by atoms with Gasteiger partial charge in [0.15, 0.2) is 0 Å². The van der Waals surface area contributed by atoms with Gasteiger partial charge in [-0.2, -0.15) is 5.10 Å². The summed E-state index contributed by atoms with van der Waals surface area (Å²) in [6.45, 7) is 1.29. The summed E-state index contributed by atoms with van der Waals surface area (Å²) in [4.78, 5) is 0. The second-order valence-electron chi connectivity index (χ2n) is 3.80. The number of nitrogens with zero attached hydrogens (tertiary/aromatic N) is 2. The molecule has 0 spiro atoms. The number of aryl methyl sites for hydroxylation is 1. The number of benzene rings is 1. The van der Waals surface area contributed by atoms with Gasteiger partial charge in [0, 0.05) is 26.3 Å². The lowest BCUT2D eigenvalue weighted by atomic mass is 10.2. The Bertz CT molecular complexity index is 510. The van der Waals surface area contributed by atoms with Crippen LogP contribution in [0.1, 0.15) is 11.3 Å². The third-order valence-electron chi connectivity index (χ3n) is 2.54. The van der Waals surface area contributed by atoms with Gasteiger partial charge in [-0.1, -0.05) is 17.7 Å². The molecular formula is C12H13ClFN3. The van der Waals surface area contributed by atoms with E-state index in [1.54, 1.807) is 16.9 Å². The first kappa shape index (κ1) is 12.1. The van der Waals surface area contributed by atoms with E-state index in [0.717, 1.165) is 11.3 Å². The molecule has 17 heavy (non-hydrogen) atoms. The van der Waals surface area contributed by atoms with Crippen molar-refractivity contribution in [2.24, 2.45) is 7.05 Å². The highest BCUT2D eigenvalue weighted by Crippen LogP contribution is 2.15. The molecule has 0 bridgehead atoms. The van der Waals surface area contributed by atoms with Gasteiger partial charge < -0.3 is 5.32 Å². The molecule has 0 saturated carbocycles. The summed E-state index contributed by atoms with van der Waals surface area (Å²) in [5, 5.41) is 7.44. The van der Waals surface area contributed by atoms with Crippen LogP contribution in [0, 0.1) is 5.82 Å². The molecule has 0 aliphatic carbocycles. The van der Waals surface area contributed by atoms with Gasteiger partial charge in [-0.3, -0.25) is 4.68 Å². The third kappa shape index (κ3) is 3.05. The maximum atomic E-state index is 13.2. The van der Waals surface area contributed by atoms with Crippen LogP contribution in [0.25, 0.3) is 0 Å². The molecule has 90 valence electrons. The van der Waals surface area contributed by atoms with Gasteiger partial charge in [0.1, 0.15) is 5.82 Å². The van der Waals surface area contributed by atoms with Crippen LogP contribution in [-0.2, 0) is 20.1 Å².